The van der Waals surface area contributed by atoms with E-state index in [9.17, 15) is 4.79 Å². The summed E-state index contributed by atoms with van der Waals surface area (Å²) in [6, 6.07) is 9.77. The molecule has 160 valence electrons. The van der Waals surface area contributed by atoms with E-state index in [4.69, 9.17) is 9.47 Å². The summed E-state index contributed by atoms with van der Waals surface area (Å²) in [6.07, 6.45) is 6.61. The fourth-order valence-electron chi connectivity index (χ4n) is 5.01. The second kappa shape index (κ2) is 8.47. The van der Waals surface area contributed by atoms with Gasteiger partial charge in [0.05, 0.1) is 24.9 Å². The first-order valence-electron chi connectivity index (χ1n) is 11.1. The number of carbonyl (C=O) groups is 1. The number of ether oxygens (including phenoxy) is 2. The van der Waals surface area contributed by atoms with Crippen molar-refractivity contribution in [1.82, 2.24) is 19.9 Å². The van der Waals surface area contributed by atoms with E-state index in [0.29, 0.717) is 18.4 Å². The summed E-state index contributed by atoms with van der Waals surface area (Å²) in [6.45, 7) is 2.93. The summed E-state index contributed by atoms with van der Waals surface area (Å²) >= 11 is 0. The highest BCUT2D eigenvalue weighted by atomic mass is 16.5. The molecular formula is C23H30N4O3. The van der Waals surface area contributed by atoms with Crippen LogP contribution < -0.4 is 0 Å². The summed E-state index contributed by atoms with van der Waals surface area (Å²) in [4.78, 5) is 15.0. The molecule has 4 atom stereocenters. The molecule has 2 saturated carbocycles. The molecule has 1 amide bonds. The van der Waals surface area contributed by atoms with Crippen LogP contribution in [-0.4, -0.2) is 58.7 Å². The van der Waals surface area contributed by atoms with Gasteiger partial charge in [-0.25, -0.2) is 4.68 Å². The molecule has 2 aromatic rings. The number of fused-ring (bicyclic) bond motifs is 1. The summed E-state index contributed by atoms with van der Waals surface area (Å²) in [5.74, 6) is 1.82. The number of aromatic nitrogens is 3. The maximum Gasteiger partial charge on any atom is 0.253 e. The van der Waals surface area contributed by atoms with E-state index in [-0.39, 0.29) is 18.1 Å². The fourth-order valence-corrected chi connectivity index (χ4v) is 5.01. The van der Waals surface area contributed by atoms with E-state index in [0.717, 1.165) is 49.7 Å². The Labute approximate surface area is 177 Å². The van der Waals surface area contributed by atoms with Crippen molar-refractivity contribution in [3.63, 3.8) is 0 Å². The van der Waals surface area contributed by atoms with Crippen LogP contribution in [0.4, 0.5) is 0 Å². The Balaban J connectivity index is 1.31. The van der Waals surface area contributed by atoms with Crippen molar-refractivity contribution in [3.05, 3.63) is 47.8 Å². The maximum absolute atomic E-state index is 13.0. The van der Waals surface area contributed by atoms with Crippen LogP contribution >= 0.6 is 0 Å². The van der Waals surface area contributed by atoms with Crippen LogP contribution in [0.1, 0.15) is 47.8 Å². The van der Waals surface area contributed by atoms with Gasteiger partial charge in [-0.15, -0.1) is 5.10 Å². The highest BCUT2D eigenvalue weighted by Crippen LogP contribution is 2.43. The quantitative estimate of drug-likeness (QED) is 0.702. The number of nitrogens with zero attached hydrogens (tertiary/aromatic N) is 4. The summed E-state index contributed by atoms with van der Waals surface area (Å²) < 4.78 is 13.6. The zero-order chi connectivity index (χ0) is 20.5. The Kier molecular flexibility index (Phi) is 5.56. The zero-order valence-corrected chi connectivity index (χ0v) is 17.5. The first kappa shape index (κ1) is 19.7. The first-order chi connectivity index (χ1) is 14.7. The molecule has 0 spiro atoms. The van der Waals surface area contributed by atoms with Crippen LogP contribution in [0.3, 0.4) is 0 Å². The molecule has 1 aromatic heterocycles. The number of methoxy groups -OCH3 is 1. The second-order valence-electron chi connectivity index (χ2n) is 9.07. The Hall–Kier alpha value is -2.25. The van der Waals surface area contributed by atoms with E-state index in [1.165, 1.54) is 12.8 Å². The fraction of sp³-hybridized carbons (Fsp3) is 0.609. The number of amides is 1. The molecule has 0 radical (unpaired) electrons. The average molecular weight is 411 g/mol. The van der Waals surface area contributed by atoms with Crippen molar-refractivity contribution in [1.29, 1.82) is 0 Å². The number of hydrogen-bond donors (Lipinski definition) is 0. The largest absolute Gasteiger partial charge is 0.378 e. The van der Waals surface area contributed by atoms with Crippen LogP contribution in [0.2, 0.25) is 0 Å². The minimum atomic E-state index is 0.121. The predicted octanol–water partition coefficient (Wildman–Crippen LogP) is 2.94. The molecule has 1 aromatic carbocycles. The molecule has 2 aliphatic carbocycles. The number of hydrogen-bond acceptors (Lipinski definition) is 5. The Morgan fingerprint density at radius 3 is 2.63 bits per heavy atom. The lowest BCUT2D eigenvalue weighted by Gasteiger charge is -2.37. The predicted molar refractivity (Wildman–Crippen MR) is 111 cm³/mol. The standard InChI is InChI=1S/C23H30N4O3/c1-29-15-20-13-27(25-24-20)21-9-18-11-26(23(28)17-5-3-2-4-6-17)12-19(18)10-22(21)30-14-16-7-8-16/h2-6,13,16,18-19,21-22H,7-12,14-15H2,1H3/t18-,19+,21-,22-/m1/s1. The van der Waals surface area contributed by atoms with Gasteiger partial charge in [0.2, 0.25) is 0 Å². The van der Waals surface area contributed by atoms with Crippen molar-refractivity contribution in [2.45, 2.75) is 44.4 Å². The average Bonchev–Trinajstić information content (AvgIpc) is 3.33. The molecule has 3 aliphatic rings. The molecule has 0 bridgehead atoms. The Morgan fingerprint density at radius 2 is 1.90 bits per heavy atom. The van der Waals surface area contributed by atoms with Gasteiger partial charge in [-0.1, -0.05) is 23.4 Å². The Morgan fingerprint density at radius 1 is 1.13 bits per heavy atom. The van der Waals surface area contributed by atoms with Crippen LogP contribution in [0, 0.1) is 17.8 Å². The van der Waals surface area contributed by atoms with Crippen LogP contribution in [0.25, 0.3) is 0 Å². The minimum Gasteiger partial charge on any atom is -0.378 e. The highest BCUT2D eigenvalue weighted by Gasteiger charge is 2.45. The van der Waals surface area contributed by atoms with Gasteiger partial charge in [-0.05, 0) is 55.6 Å². The molecule has 7 heteroatoms. The molecule has 5 rings (SSSR count). The second-order valence-corrected chi connectivity index (χ2v) is 9.07. The van der Waals surface area contributed by atoms with Gasteiger partial charge < -0.3 is 14.4 Å². The van der Waals surface area contributed by atoms with Crippen molar-refractivity contribution in [2.24, 2.45) is 17.8 Å². The van der Waals surface area contributed by atoms with Gasteiger partial charge in [0, 0.05) is 32.4 Å². The van der Waals surface area contributed by atoms with E-state index < -0.39 is 0 Å². The lowest BCUT2D eigenvalue weighted by molar-refractivity contribution is -0.0375. The maximum atomic E-state index is 13.0. The molecule has 7 nitrogen and oxygen atoms in total. The van der Waals surface area contributed by atoms with Gasteiger partial charge in [0.1, 0.15) is 5.69 Å². The van der Waals surface area contributed by atoms with E-state index >= 15 is 0 Å². The topological polar surface area (TPSA) is 69.5 Å². The van der Waals surface area contributed by atoms with Crippen LogP contribution in [-0.2, 0) is 16.1 Å². The molecule has 1 saturated heterocycles. The third kappa shape index (κ3) is 4.14. The Bertz CT molecular complexity index is 866. The van der Waals surface area contributed by atoms with Gasteiger partial charge in [0.15, 0.2) is 0 Å². The molecule has 30 heavy (non-hydrogen) atoms. The lowest BCUT2D eigenvalue weighted by atomic mass is 9.77. The molecule has 1 aliphatic heterocycles. The van der Waals surface area contributed by atoms with Crippen molar-refractivity contribution in [3.8, 4) is 0 Å². The number of carbonyl (C=O) groups excluding carboxylic acids is 1. The van der Waals surface area contributed by atoms with Crippen LogP contribution in [0.5, 0.6) is 0 Å². The van der Waals surface area contributed by atoms with E-state index in [1.54, 1.807) is 7.11 Å². The van der Waals surface area contributed by atoms with Crippen molar-refractivity contribution >= 4 is 5.91 Å². The monoisotopic (exact) mass is 410 g/mol. The minimum absolute atomic E-state index is 0.121. The van der Waals surface area contributed by atoms with Crippen molar-refractivity contribution < 1.29 is 14.3 Å². The van der Waals surface area contributed by atoms with Crippen LogP contribution in [0.15, 0.2) is 36.5 Å². The smallest absolute Gasteiger partial charge is 0.253 e. The SMILES string of the molecule is COCc1cn([C@@H]2C[C@@H]3CN(C(=O)c4ccccc4)C[C@@H]3C[C@H]2OCC2CC2)nn1. The normalized spacial score (nSPS) is 28.5. The number of benzene rings is 1. The zero-order valence-electron chi connectivity index (χ0n) is 17.5. The molecule has 0 unspecified atom stereocenters. The third-order valence-corrected chi connectivity index (χ3v) is 6.83. The van der Waals surface area contributed by atoms with Gasteiger partial charge >= 0.3 is 0 Å². The molecular weight excluding hydrogens is 380 g/mol. The lowest BCUT2D eigenvalue weighted by Crippen LogP contribution is -2.38. The van der Waals surface area contributed by atoms with Gasteiger partial charge in [-0.2, -0.15) is 0 Å². The third-order valence-electron chi connectivity index (χ3n) is 6.83. The summed E-state index contributed by atoms with van der Waals surface area (Å²) in [5.41, 5.74) is 1.61. The summed E-state index contributed by atoms with van der Waals surface area (Å²) in [7, 11) is 1.67. The van der Waals surface area contributed by atoms with E-state index in [2.05, 4.69) is 10.3 Å². The number of likely N-dealkylation sites (tertiary alicyclic amines) is 1. The van der Waals surface area contributed by atoms with E-state index in [1.807, 2.05) is 46.1 Å². The molecule has 3 fully saturated rings. The first-order valence-corrected chi connectivity index (χ1v) is 11.1. The van der Waals surface area contributed by atoms with Crippen molar-refractivity contribution in [2.75, 3.05) is 26.8 Å². The number of rotatable bonds is 7. The summed E-state index contributed by atoms with van der Waals surface area (Å²) in [5, 5.41) is 8.65. The van der Waals surface area contributed by atoms with Gasteiger partial charge in [0.25, 0.3) is 5.91 Å². The van der Waals surface area contributed by atoms with Gasteiger partial charge in [-0.3, -0.25) is 4.79 Å². The molecule has 0 N–H and O–H groups in total. The molecule has 2 heterocycles. The highest BCUT2D eigenvalue weighted by molar-refractivity contribution is 5.94.